The van der Waals surface area contributed by atoms with E-state index in [1.54, 1.807) is 18.9 Å². The number of carbonyl (C=O) groups is 2. The number of carbonyl (C=O) groups excluding carboxylic acids is 2. The van der Waals surface area contributed by atoms with Crippen molar-refractivity contribution in [2.45, 2.75) is 19.0 Å². The van der Waals surface area contributed by atoms with E-state index in [2.05, 4.69) is 12.6 Å². The summed E-state index contributed by atoms with van der Waals surface area (Å²) in [4.78, 5) is 25.5. The van der Waals surface area contributed by atoms with E-state index in [-0.39, 0.29) is 18.0 Å². The van der Waals surface area contributed by atoms with Gasteiger partial charge in [-0.1, -0.05) is 0 Å². The first-order chi connectivity index (χ1) is 6.45. The topological polar surface area (TPSA) is 40.6 Å². The van der Waals surface area contributed by atoms with Gasteiger partial charge in [0.1, 0.15) is 6.29 Å². The molecule has 4 nitrogen and oxygen atoms in total. The Labute approximate surface area is 90.7 Å². The van der Waals surface area contributed by atoms with Gasteiger partial charge in [-0.15, -0.1) is 0 Å². The maximum atomic E-state index is 11.8. The van der Waals surface area contributed by atoms with Gasteiger partial charge in [0.05, 0.1) is 12.1 Å². The van der Waals surface area contributed by atoms with Gasteiger partial charge in [0.2, 0.25) is 5.91 Å². The number of aldehydes is 1. The molecule has 2 atom stereocenters. The van der Waals surface area contributed by atoms with Gasteiger partial charge in [0.25, 0.3) is 0 Å². The highest BCUT2D eigenvalue weighted by molar-refractivity contribution is 7.80. The first-order valence-corrected chi connectivity index (χ1v) is 5.08. The van der Waals surface area contributed by atoms with Crippen LogP contribution in [0, 0.1) is 0 Å². The fourth-order valence-electron chi connectivity index (χ4n) is 0.989. The second-order valence-electron chi connectivity index (χ2n) is 3.49. The first kappa shape index (κ1) is 13.4. The van der Waals surface area contributed by atoms with Crippen LogP contribution < -0.4 is 0 Å². The van der Waals surface area contributed by atoms with Crippen molar-refractivity contribution in [2.24, 2.45) is 0 Å². The van der Waals surface area contributed by atoms with Crippen LogP contribution in [0.4, 0.5) is 0 Å². The van der Waals surface area contributed by atoms with Gasteiger partial charge in [-0.3, -0.25) is 9.69 Å². The Balaban J connectivity index is 4.49. The molecule has 0 aromatic carbocycles. The van der Waals surface area contributed by atoms with Crippen LogP contribution in [0.3, 0.4) is 0 Å². The third-order valence-corrected chi connectivity index (χ3v) is 2.58. The summed E-state index contributed by atoms with van der Waals surface area (Å²) in [6.45, 7) is 1.69. The summed E-state index contributed by atoms with van der Waals surface area (Å²) in [6.07, 6.45) is 0.753. The molecular formula is C9H18N2O2S. The molecular weight excluding hydrogens is 200 g/mol. The molecule has 0 saturated heterocycles. The summed E-state index contributed by atoms with van der Waals surface area (Å²) in [5.41, 5.74) is 0. The van der Waals surface area contributed by atoms with E-state index in [1.165, 1.54) is 4.90 Å². The van der Waals surface area contributed by atoms with Gasteiger partial charge in [0, 0.05) is 12.8 Å². The van der Waals surface area contributed by atoms with E-state index < -0.39 is 0 Å². The van der Waals surface area contributed by atoms with Crippen LogP contribution >= 0.6 is 12.6 Å². The number of amides is 1. The van der Waals surface area contributed by atoms with Crippen LogP contribution in [0.5, 0.6) is 0 Å². The highest BCUT2D eigenvalue weighted by atomic mass is 32.1. The highest BCUT2D eigenvalue weighted by Gasteiger charge is 2.25. The molecule has 0 saturated carbocycles. The SMILES string of the molecule is CC(C=O)N(C)C(=O)C(CS)N(C)C. The molecule has 0 aliphatic carbocycles. The van der Waals surface area contributed by atoms with Crippen molar-refractivity contribution in [3.63, 3.8) is 0 Å². The summed E-state index contributed by atoms with van der Waals surface area (Å²) in [5.74, 6) is 0.367. The molecule has 0 fully saturated rings. The maximum absolute atomic E-state index is 11.8. The molecule has 5 heteroatoms. The Hall–Kier alpha value is -0.550. The monoisotopic (exact) mass is 218 g/mol. The molecule has 1 amide bonds. The number of rotatable bonds is 5. The molecule has 0 aromatic rings. The third-order valence-electron chi connectivity index (χ3n) is 2.24. The molecule has 0 spiro atoms. The van der Waals surface area contributed by atoms with Crippen LogP contribution in [0.2, 0.25) is 0 Å². The molecule has 0 N–H and O–H groups in total. The summed E-state index contributed by atoms with van der Waals surface area (Å²) in [5, 5.41) is 0. The minimum atomic E-state index is -0.384. The molecule has 2 unspecified atom stereocenters. The summed E-state index contributed by atoms with van der Waals surface area (Å²) in [6, 6.07) is -0.657. The fourth-order valence-corrected chi connectivity index (χ4v) is 1.47. The number of thiol groups is 1. The second-order valence-corrected chi connectivity index (χ2v) is 3.85. The Bertz CT molecular complexity index is 209. The summed E-state index contributed by atoms with van der Waals surface area (Å²) < 4.78 is 0. The number of hydrogen-bond donors (Lipinski definition) is 1. The van der Waals surface area contributed by atoms with Crippen molar-refractivity contribution in [1.82, 2.24) is 9.80 Å². The van der Waals surface area contributed by atoms with E-state index in [4.69, 9.17) is 0 Å². The minimum absolute atomic E-state index is 0.0791. The van der Waals surface area contributed by atoms with Crippen LogP contribution in [0.25, 0.3) is 0 Å². The van der Waals surface area contributed by atoms with Crippen molar-refractivity contribution in [3.8, 4) is 0 Å². The van der Waals surface area contributed by atoms with E-state index in [0.717, 1.165) is 6.29 Å². The molecule has 0 heterocycles. The lowest BCUT2D eigenvalue weighted by Gasteiger charge is -2.28. The van der Waals surface area contributed by atoms with Crippen molar-refractivity contribution in [2.75, 3.05) is 26.9 Å². The van der Waals surface area contributed by atoms with E-state index in [0.29, 0.717) is 5.75 Å². The van der Waals surface area contributed by atoms with Crippen molar-refractivity contribution >= 4 is 24.8 Å². The normalized spacial score (nSPS) is 15.0. The Morgan fingerprint density at radius 2 is 1.93 bits per heavy atom. The van der Waals surface area contributed by atoms with Gasteiger partial charge in [-0.05, 0) is 21.0 Å². The predicted molar refractivity (Wildman–Crippen MR) is 59.6 cm³/mol. The molecule has 0 aromatic heterocycles. The number of nitrogens with zero attached hydrogens (tertiary/aromatic N) is 2. The maximum Gasteiger partial charge on any atom is 0.241 e. The number of hydrogen-bond acceptors (Lipinski definition) is 4. The molecule has 14 heavy (non-hydrogen) atoms. The lowest BCUT2D eigenvalue weighted by Crippen LogP contribution is -2.48. The largest absolute Gasteiger partial charge is 0.335 e. The highest BCUT2D eigenvalue weighted by Crippen LogP contribution is 2.03. The van der Waals surface area contributed by atoms with Crippen LogP contribution in [0.15, 0.2) is 0 Å². The molecule has 0 aliphatic heterocycles. The third kappa shape index (κ3) is 3.31. The van der Waals surface area contributed by atoms with E-state index in [1.807, 2.05) is 14.1 Å². The lowest BCUT2D eigenvalue weighted by molar-refractivity contribution is -0.137. The van der Waals surface area contributed by atoms with Gasteiger partial charge in [0.15, 0.2) is 0 Å². The summed E-state index contributed by atoms with van der Waals surface area (Å²) in [7, 11) is 5.26. The van der Waals surface area contributed by atoms with Crippen LogP contribution in [-0.2, 0) is 9.59 Å². The Morgan fingerprint density at radius 1 is 1.43 bits per heavy atom. The van der Waals surface area contributed by atoms with Crippen molar-refractivity contribution < 1.29 is 9.59 Å². The van der Waals surface area contributed by atoms with Gasteiger partial charge >= 0.3 is 0 Å². The number of likely N-dealkylation sites (N-methyl/N-ethyl adjacent to an activating group) is 2. The quantitative estimate of drug-likeness (QED) is 0.517. The second kappa shape index (κ2) is 6.03. The van der Waals surface area contributed by atoms with Crippen LogP contribution in [-0.4, -0.2) is 61.0 Å². The van der Waals surface area contributed by atoms with Gasteiger partial charge in [-0.25, -0.2) is 0 Å². The molecule has 0 radical (unpaired) electrons. The molecule has 0 rings (SSSR count). The van der Waals surface area contributed by atoms with Gasteiger partial charge < -0.3 is 9.69 Å². The standard InChI is InChI=1S/C9H18N2O2S/c1-7(5-12)11(4)9(13)8(6-14)10(2)3/h5,7-8,14H,6H2,1-4H3. The summed E-state index contributed by atoms with van der Waals surface area (Å²) >= 11 is 4.11. The minimum Gasteiger partial charge on any atom is -0.335 e. The zero-order valence-electron chi connectivity index (χ0n) is 9.10. The van der Waals surface area contributed by atoms with Crippen molar-refractivity contribution in [3.05, 3.63) is 0 Å². The predicted octanol–water partition coefficient (Wildman–Crippen LogP) is -0.108. The molecule has 0 aliphatic rings. The lowest BCUT2D eigenvalue weighted by atomic mass is 10.2. The van der Waals surface area contributed by atoms with Crippen molar-refractivity contribution in [1.29, 1.82) is 0 Å². The molecule has 82 valence electrons. The Kier molecular flexibility index (Phi) is 5.79. The zero-order valence-corrected chi connectivity index (χ0v) is 9.99. The Morgan fingerprint density at radius 3 is 2.21 bits per heavy atom. The average Bonchev–Trinajstić information content (AvgIpc) is 2.15. The molecule has 0 bridgehead atoms. The van der Waals surface area contributed by atoms with Crippen LogP contribution in [0.1, 0.15) is 6.92 Å². The average molecular weight is 218 g/mol. The van der Waals surface area contributed by atoms with E-state index in [9.17, 15) is 9.59 Å². The van der Waals surface area contributed by atoms with E-state index >= 15 is 0 Å². The van der Waals surface area contributed by atoms with Gasteiger partial charge in [-0.2, -0.15) is 12.6 Å². The fraction of sp³-hybridized carbons (Fsp3) is 0.778. The first-order valence-electron chi connectivity index (χ1n) is 4.45. The smallest absolute Gasteiger partial charge is 0.241 e. The zero-order chi connectivity index (χ0) is 11.3.